The third-order valence-corrected chi connectivity index (χ3v) is 6.57. The van der Waals surface area contributed by atoms with Gasteiger partial charge in [0.05, 0.1) is 0 Å². The Morgan fingerprint density at radius 1 is 0.929 bits per heavy atom. The van der Waals surface area contributed by atoms with Crippen LogP contribution in [0.5, 0.6) is 0 Å². The molecule has 3 aromatic carbocycles. The van der Waals surface area contributed by atoms with Gasteiger partial charge in [-0.05, 0) is 74.7 Å². The number of para-hydroxylation sites is 1. The highest BCUT2D eigenvalue weighted by molar-refractivity contribution is 9.10. The fourth-order valence-electron chi connectivity index (χ4n) is 3.91. The first-order valence-corrected chi connectivity index (χ1v) is 10.3. The van der Waals surface area contributed by atoms with Gasteiger partial charge in [0.15, 0.2) is 0 Å². The molecule has 4 aromatic rings. The van der Waals surface area contributed by atoms with Crippen LogP contribution in [0.2, 0.25) is 0 Å². The molecule has 0 spiro atoms. The number of hydrogen-bond acceptors (Lipinski definition) is 1. The Balaban J connectivity index is 1.77. The number of halogens is 1. The molecule has 4 heteroatoms. The minimum absolute atomic E-state index is 0.0834. The van der Waals surface area contributed by atoms with Crippen molar-refractivity contribution in [2.45, 2.75) is 34.2 Å². The predicted octanol–water partition coefficient (Wildman–Crippen LogP) is 6.75. The highest BCUT2D eigenvalue weighted by Crippen LogP contribution is 2.31. The highest BCUT2D eigenvalue weighted by Gasteiger charge is 2.16. The molecule has 0 bridgehead atoms. The summed E-state index contributed by atoms with van der Waals surface area (Å²) in [5, 5.41) is 5.46. The van der Waals surface area contributed by atoms with Crippen LogP contribution in [0.4, 0.5) is 5.69 Å². The van der Waals surface area contributed by atoms with Gasteiger partial charge < -0.3 is 9.88 Å². The quantitative estimate of drug-likeness (QED) is 0.379. The van der Waals surface area contributed by atoms with Gasteiger partial charge in [0.1, 0.15) is 0 Å². The second kappa shape index (κ2) is 7.10. The summed E-state index contributed by atoms with van der Waals surface area (Å²) in [5.74, 6) is -0.0834. The topological polar surface area (TPSA) is 34.0 Å². The number of amides is 1. The fraction of sp³-hybridized carbons (Fsp3) is 0.208. The molecule has 0 fully saturated rings. The van der Waals surface area contributed by atoms with Gasteiger partial charge in [-0.25, -0.2) is 0 Å². The normalized spacial score (nSPS) is 11.3. The molecule has 0 unspecified atom stereocenters. The van der Waals surface area contributed by atoms with E-state index in [0.29, 0.717) is 5.56 Å². The second-order valence-corrected chi connectivity index (χ2v) is 8.08. The maximum absolute atomic E-state index is 13.0. The van der Waals surface area contributed by atoms with E-state index in [9.17, 15) is 4.79 Å². The van der Waals surface area contributed by atoms with Crippen LogP contribution in [0.1, 0.15) is 34.0 Å². The predicted molar refractivity (Wildman–Crippen MR) is 121 cm³/mol. The molecule has 0 aliphatic carbocycles. The maximum Gasteiger partial charge on any atom is 0.255 e. The van der Waals surface area contributed by atoms with Gasteiger partial charge in [0, 0.05) is 44.1 Å². The van der Waals surface area contributed by atoms with Gasteiger partial charge in [-0.15, -0.1) is 0 Å². The lowest BCUT2D eigenvalue weighted by Crippen LogP contribution is -2.14. The number of nitrogens with one attached hydrogen (secondary N) is 1. The van der Waals surface area contributed by atoms with E-state index in [-0.39, 0.29) is 5.91 Å². The molecular formula is C24H23BrN2O. The first-order valence-electron chi connectivity index (χ1n) is 9.51. The van der Waals surface area contributed by atoms with Crippen molar-refractivity contribution in [3.63, 3.8) is 0 Å². The van der Waals surface area contributed by atoms with Crippen molar-refractivity contribution in [3.8, 4) is 0 Å². The van der Waals surface area contributed by atoms with Crippen LogP contribution in [-0.2, 0) is 6.54 Å². The average Bonchev–Trinajstić information content (AvgIpc) is 3.02. The van der Waals surface area contributed by atoms with E-state index >= 15 is 0 Å². The molecule has 142 valence electrons. The first kappa shape index (κ1) is 18.8. The van der Waals surface area contributed by atoms with Gasteiger partial charge in [0.2, 0.25) is 0 Å². The lowest BCUT2D eigenvalue weighted by atomic mass is 9.98. The number of carbonyl (C=O) groups is 1. The number of nitrogens with zero attached hydrogens (tertiary/aromatic N) is 1. The number of carbonyl (C=O) groups excluding carboxylic acids is 1. The summed E-state index contributed by atoms with van der Waals surface area (Å²) < 4.78 is 3.27. The number of fused-ring (bicyclic) bond motifs is 3. The zero-order valence-electron chi connectivity index (χ0n) is 16.6. The maximum atomic E-state index is 13.0. The third kappa shape index (κ3) is 2.92. The monoisotopic (exact) mass is 434 g/mol. The van der Waals surface area contributed by atoms with E-state index in [1.54, 1.807) is 0 Å². The summed E-state index contributed by atoms with van der Waals surface area (Å²) in [5.41, 5.74) is 7.24. The van der Waals surface area contributed by atoms with Gasteiger partial charge in [-0.1, -0.05) is 34.1 Å². The van der Waals surface area contributed by atoms with E-state index < -0.39 is 0 Å². The molecule has 1 heterocycles. The molecule has 1 N–H and O–H groups in total. The smallest absolute Gasteiger partial charge is 0.255 e. The third-order valence-electron chi connectivity index (χ3n) is 5.75. The van der Waals surface area contributed by atoms with Crippen molar-refractivity contribution in [1.29, 1.82) is 0 Å². The largest absolute Gasteiger partial charge is 0.341 e. The Hall–Kier alpha value is -2.59. The number of rotatable bonds is 3. The van der Waals surface area contributed by atoms with E-state index in [4.69, 9.17) is 0 Å². The lowest BCUT2D eigenvalue weighted by molar-refractivity contribution is 0.102. The SMILES string of the molecule is CCn1c2ccccc2c2cc(NC(=O)c3cc(Br)c(C)c(C)c3C)ccc21. The van der Waals surface area contributed by atoms with Crippen molar-refractivity contribution in [2.75, 3.05) is 5.32 Å². The summed E-state index contributed by atoms with van der Waals surface area (Å²) in [4.78, 5) is 13.0. The van der Waals surface area contributed by atoms with Crippen LogP contribution >= 0.6 is 15.9 Å². The molecule has 28 heavy (non-hydrogen) atoms. The lowest BCUT2D eigenvalue weighted by Gasteiger charge is -2.13. The number of hydrogen-bond donors (Lipinski definition) is 1. The zero-order chi connectivity index (χ0) is 20.0. The standard InChI is InChI=1S/C24H23BrN2O/c1-5-27-22-9-7-6-8-18(22)20-12-17(10-11-23(20)27)26-24(28)19-13-21(25)16(4)14(2)15(19)3/h6-13H,5H2,1-4H3,(H,26,28). The molecule has 0 atom stereocenters. The Kier molecular flexibility index (Phi) is 4.76. The van der Waals surface area contributed by atoms with E-state index in [1.165, 1.54) is 22.0 Å². The Labute approximate surface area is 173 Å². The van der Waals surface area contributed by atoms with Gasteiger partial charge in [0.25, 0.3) is 5.91 Å². The molecule has 4 rings (SSSR count). The van der Waals surface area contributed by atoms with Gasteiger partial charge in [-0.2, -0.15) is 0 Å². The van der Waals surface area contributed by atoms with Crippen LogP contribution in [0.3, 0.4) is 0 Å². The summed E-state index contributed by atoms with van der Waals surface area (Å²) in [6, 6.07) is 16.5. The molecule has 0 saturated heterocycles. The second-order valence-electron chi connectivity index (χ2n) is 7.23. The molecule has 1 amide bonds. The Morgan fingerprint density at radius 3 is 2.39 bits per heavy atom. The molecule has 0 aliphatic rings. The summed E-state index contributed by atoms with van der Waals surface area (Å²) >= 11 is 3.57. The average molecular weight is 435 g/mol. The van der Waals surface area contributed by atoms with E-state index in [0.717, 1.165) is 33.2 Å². The minimum Gasteiger partial charge on any atom is -0.341 e. The minimum atomic E-state index is -0.0834. The van der Waals surface area contributed by atoms with Crippen molar-refractivity contribution in [3.05, 3.63) is 75.3 Å². The van der Waals surface area contributed by atoms with Crippen molar-refractivity contribution in [1.82, 2.24) is 4.57 Å². The molecule has 3 nitrogen and oxygen atoms in total. The van der Waals surface area contributed by atoms with Gasteiger partial charge >= 0.3 is 0 Å². The van der Waals surface area contributed by atoms with Crippen molar-refractivity contribution < 1.29 is 4.79 Å². The summed E-state index contributed by atoms with van der Waals surface area (Å²) in [7, 11) is 0. The molecule has 0 radical (unpaired) electrons. The van der Waals surface area contributed by atoms with Gasteiger partial charge in [-0.3, -0.25) is 4.79 Å². The Bertz CT molecular complexity index is 1240. The highest BCUT2D eigenvalue weighted by atomic mass is 79.9. The van der Waals surface area contributed by atoms with Crippen LogP contribution < -0.4 is 5.32 Å². The van der Waals surface area contributed by atoms with Crippen LogP contribution in [-0.4, -0.2) is 10.5 Å². The van der Waals surface area contributed by atoms with Crippen LogP contribution in [0.25, 0.3) is 21.8 Å². The summed E-state index contributed by atoms with van der Waals surface area (Å²) in [6.07, 6.45) is 0. The van der Waals surface area contributed by atoms with Crippen LogP contribution in [0, 0.1) is 20.8 Å². The molecule has 0 saturated carbocycles. The first-order chi connectivity index (χ1) is 13.4. The molecule has 0 aliphatic heterocycles. The zero-order valence-corrected chi connectivity index (χ0v) is 18.1. The molecule has 1 aromatic heterocycles. The van der Waals surface area contributed by atoms with Crippen molar-refractivity contribution >= 4 is 49.3 Å². The summed E-state index contributed by atoms with van der Waals surface area (Å²) in [6.45, 7) is 9.18. The van der Waals surface area contributed by atoms with E-state index in [1.807, 2.05) is 19.1 Å². The number of aryl methyl sites for hydroxylation is 1. The fourth-order valence-corrected chi connectivity index (χ4v) is 4.44. The van der Waals surface area contributed by atoms with Crippen LogP contribution in [0.15, 0.2) is 53.0 Å². The van der Waals surface area contributed by atoms with Crippen molar-refractivity contribution in [2.24, 2.45) is 0 Å². The number of benzene rings is 3. The number of anilines is 1. The number of aromatic nitrogens is 1. The Morgan fingerprint density at radius 2 is 1.64 bits per heavy atom. The van der Waals surface area contributed by atoms with E-state index in [2.05, 4.69) is 83.0 Å². The molecular weight excluding hydrogens is 412 g/mol.